The van der Waals surface area contributed by atoms with E-state index in [1.807, 2.05) is 17.7 Å². The van der Waals surface area contributed by atoms with Crippen LogP contribution in [0.3, 0.4) is 0 Å². The molecule has 0 fully saturated rings. The lowest BCUT2D eigenvalue weighted by atomic mass is 9.93. The molecule has 1 unspecified atom stereocenters. The largest absolute Gasteiger partial charge is 0.292 e. The highest BCUT2D eigenvalue weighted by atomic mass is 16.1. The van der Waals surface area contributed by atoms with Gasteiger partial charge in [0.1, 0.15) is 5.69 Å². The number of carbonyl (C=O) groups is 1. The van der Waals surface area contributed by atoms with Gasteiger partial charge in [-0.15, -0.1) is 0 Å². The molecule has 0 aliphatic heterocycles. The second kappa shape index (κ2) is 6.72. The van der Waals surface area contributed by atoms with Gasteiger partial charge in [0.05, 0.1) is 5.69 Å². The summed E-state index contributed by atoms with van der Waals surface area (Å²) >= 11 is 0. The van der Waals surface area contributed by atoms with E-state index in [9.17, 15) is 4.79 Å². The van der Waals surface area contributed by atoms with Gasteiger partial charge < -0.3 is 0 Å². The first-order valence-electron chi connectivity index (χ1n) is 7.07. The summed E-state index contributed by atoms with van der Waals surface area (Å²) in [5.41, 5.74) is 1.79. The summed E-state index contributed by atoms with van der Waals surface area (Å²) in [6.45, 7) is 11.4. The van der Waals surface area contributed by atoms with Gasteiger partial charge in [-0.3, -0.25) is 9.48 Å². The predicted octanol–water partition coefficient (Wildman–Crippen LogP) is 3.72. The fraction of sp³-hybridized carbons (Fsp3) is 0.733. The SMILES string of the molecule is CCc1cc(C(=O)CC(C)CC(C)C)n(CC)n1. The molecular weight excluding hydrogens is 224 g/mol. The van der Waals surface area contributed by atoms with Crippen LogP contribution in [-0.4, -0.2) is 15.6 Å². The van der Waals surface area contributed by atoms with Crippen LogP contribution in [-0.2, 0) is 13.0 Å². The van der Waals surface area contributed by atoms with Gasteiger partial charge in [-0.05, 0) is 37.7 Å². The molecule has 0 aromatic carbocycles. The summed E-state index contributed by atoms with van der Waals surface area (Å²) in [5.74, 6) is 1.33. The van der Waals surface area contributed by atoms with Crippen molar-refractivity contribution >= 4 is 5.78 Å². The standard InChI is InChI=1S/C15H26N2O/c1-6-13-10-14(17(7-2)16-13)15(18)9-12(5)8-11(3)4/h10-12H,6-9H2,1-5H3. The fourth-order valence-electron chi connectivity index (χ4n) is 2.42. The Balaban J connectivity index is 2.74. The zero-order valence-electron chi connectivity index (χ0n) is 12.4. The highest BCUT2D eigenvalue weighted by molar-refractivity contribution is 5.94. The third kappa shape index (κ3) is 3.97. The maximum atomic E-state index is 12.3. The van der Waals surface area contributed by atoms with Crippen LogP contribution in [0.25, 0.3) is 0 Å². The monoisotopic (exact) mass is 250 g/mol. The van der Waals surface area contributed by atoms with Gasteiger partial charge >= 0.3 is 0 Å². The summed E-state index contributed by atoms with van der Waals surface area (Å²) in [6, 6.07) is 1.95. The second-order valence-corrected chi connectivity index (χ2v) is 5.55. The van der Waals surface area contributed by atoms with E-state index in [2.05, 4.69) is 32.8 Å². The number of nitrogens with zero attached hydrogens (tertiary/aromatic N) is 2. The summed E-state index contributed by atoms with van der Waals surface area (Å²) in [4.78, 5) is 12.3. The molecule has 0 spiro atoms. The molecule has 102 valence electrons. The van der Waals surface area contributed by atoms with E-state index in [0.717, 1.165) is 30.8 Å². The number of aromatic nitrogens is 2. The van der Waals surface area contributed by atoms with Crippen molar-refractivity contribution in [2.75, 3.05) is 0 Å². The Morgan fingerprint density at radius 1 is 1.33 bits per heavy atom. The predicted molar refractivity (Wildman–Crippen MR) is 74.8 cm³/mol. The van der Waals surface area contributed by atoms with Gasteiger partial charge in [-0.1, -0.05) is 27.7 Å². The molecule has 1 aromatic heterocycles. The fourth-order valence-corrected chi connectivity index (χ4v) is 2.42. The first-order valence-corrected chi connectivity index (χ1v) is 7.07. The Kier molecular flexibility index (Phi) is 5.57. The maximum absolute atomic E-state index is 12.3. The highest BCUT2D eigenvalue weighted by Crippen LogP contribution is 2.18. The molecule has 0 saturated carbocycles. The Morgan fingerprint density at radius 2 is 2.00 bits per heavy atom. The lowest BCUT2D eigenvalue weighted by Gasteiger charge is -2.13. The van der Waals surface area contributed by atoms with Crippen LogP contribution in [0.5, 0.6) is 0 Å². The third-order valence-electron chi connectivity index (χ3n) is 3.19. The minimum Gasteiger partial charge on any atom is -0.292 e. The van der Waals surface area contributed by atoms with Gasteiger partial charge in [0.25, 0.3) is 0 Å². The smallest absolute Gasteiger partial charge is 0.181 e. The molecule has 1 atom stereocenters. The molecule has 3 nitrogen and oxygen atoms in total. The van der Waals surface area contributed by atoms with E-state index < -0.39 is 0 Å². The van der Waals surface area contributed by atoms with Crippen LogP contribution in [0.2, 0.25) is 0 Å². The van der Waals surface area contributed by atoms with Crippen molar-refractivity contribution < 1.29 is 4.79 Å². The van der Waals surface area contributed by atoms with Crippen LogP contribution in [0.15, 0.2) is 6.07 Å². The Bertz CT molecular complexity index is 393. The molecule has 0 amide bonds. The molecule has 18 heavy (non-hydrogen) atoms. The quantitative estimate of drug-likeness (QED) is 0.691. The van der Waals surface area contributed by atoms with Crippen LogP contribution >= 0.6 is 0 Å². The Labute approximate surface area is 111 Å². The van der Waals surface area contributed by atoms with E-state index in [-0.39, 0.29) is 5.78 Å². The van der Waals surface area contributed by atoms with E-state index in [0.29, 0.717) is 18.3 Å². The lowest BCUT2D eigenvalue weighted by Crippen LogP contribution is -2.13. The number of hydrogen-bond donors (Lipinski definition) is 0. The van der Waals surface area contributed by atoms with Gasteiger partial charge in [0, 0.05) is 13.0 Å². The van der Waals surface area contributed by atoms with Crippen molar-refractivity contribution in [2.24, 2.45) is 11.8 Å². The van der Waals surface area contributed by atoms with Crippen LogP contribution < -0.4 is 0 Å². The second-order valence-electron chi connectivity index (χ2n) is 5.55. The summed E-state index contributed by atoms with van der Waals surface area (Å²) in [7, 11) is 0. The minimum atomic E-state index is 0.234. The average Bonchev–Trinajstić information content (AvgIpc) is 2.70. The van der Waals surface area contributed by atoms with E-state index in [1.54, 1.807) is 0 Å². The van der Waals surface area contributed by atoms with Crippen LogP contribution in [0.1, 0.15) is 63.6 Å². The van der Waals surface area contributed by atoms with Crippen molar-refractivity contribution in [2.45, 2.75) is 60.4 Å². The molecule has 0 saturated heterocycles. The molecule has 1 heterocycles. The van der Waals surface area contributed by atoms with E-state index in [4.69, 9.17) is 0 Å². The molecule has 0 aliphatic carbocycles. The normalized spacial score (nSPS) is 13.0. The molecule has 0 N–H and O–H groups in total. The van der Waals surface area contributed by atoms with Gasteiger partial charge in [0.15, 0.2) is 5.78 Å². The van der Waals surface area contributed by atoms with E-state index in [1.165, 1.54) is 0 Å². The Hall–Kier alpha value is -1.12. The molecule has 1 rings (SSSR count). The number of rotatable bonds is 7. The number of ketones is 1. The zero-order valence-corrected chi connectivity index (χ0v) is 12.4. The van der Waals surface area contributed by atoms with Gasteiger partial charge in [-0.25, -0.2) is 0 Å². The molecule has 0 bridgehead atoms. The van der Waals surface area contributed by atoms with Crippen LogP contribution in [0, 0.1) is 11.8 Å². The van der Waals surface area contributed by atoms with Crippen molar-refractivity contribution in [3.05, 3.63) is 17.5 Å². The van der Waals surface area contributed by atoms with Crippen molar-refractivity contribution in [1.29, 1.82) is 0 Å². The van der Waals surface area contributed by atoms with Gasteiger partial charge in [-0.2, -0.15) is 5.10 Å². The summed E-state index contributed by atoms with van der Waals surface area (Å²) in [5, 5.41) is 4.43. The summed E-state index contributed by atoms with van der Waals surface area (Å²) in [6.07, 6.45) is 2.62. The first-order chi connectivity index (χ1) is 8.47. The van der Waals surface area contributed by atoms with E-state index >= 15 is 0 Å². The van der Waals surface area contributed by atoms with Crippen molar-refractivity contribution in [3.63, 3.8) is 0 Å². The summed E-state index contributed by atoms with van der Waals surface area (Å²) < 4.78 is 1.84. The maximum Gasteiger partial charge on any atom is 0.181 e. The zero-order chi connectivity index (χ0) is 13.7. The topological polar surface area (TPSA) is 34.9 Å². The highest BCUT2D eigenvalue weighted by Gasteiger charge is 2.17. The molecule has 0 radical (unpaired) electrons. The molecule has 3 heteroatoms. The molecule has 0 aliphatic rings. The van der Waals surface area contributed by atoms with Crippen LogP contribution in [0.4, 0.5) is 0 Å². The van der Waals surface area contributed by atoms with Gasteiger partial charge in [0.2, 0.25) is 0 Å². The average molecular weight is 250 g/mol. The number of Topliss-reactive ketones (excluding diaryl/α,β-unsaturated/α-hetero) is 1. The number of carbonyl (C=O) groups excluding carboxylic acids is 1. The number of aryl methyl sites for hydroxylation is 2. The molecule has 1 aromatic rings. The van der Waals surface area contributed by atoms with Crippen molar-refractivity contribution in [3.8, 4) is 0 Å². The van der Waals surface area contributed by atoms with Crippen molar-refractivity contribution in [1.82, 2.24) is 9.78 Å². The number of hydrogen-bond acceptors (Lipinski definition) is 2. The lowest BCUT2D eigenvalue weighted by molar-refractivity contribution is 0.0949. The first kappa shape index (κ1) is 14.9. The Morgan fingerprint density at radius 3 is 2.50 bits per heavy atom. The molecular formula is C15H26N2O. The third-order valence-corrected chi connectivity index (χ3v) is 3.19. The minimum absolute atomic E-state index is 0.234.